The Morgan fingerprint density at radius 1 is 0.923 bits per heavy atom. The Morgan fingerprint density at radius 2 is 1.68 bits per heavy atom. The zero-order chi connectivity index (χ0) is 47.1. The van der Waals surface area contributed by atoms with Gasteiger partial charge in [0.25, 0.3) is 11.8 Å². The lowest BCUT2D eigenvalue weighted by atomic mass is 9.92. The van der Waals surface area contributed by atoms with Crippen LogP contribution in [0.25, 0.3) is 21.4 Å². The second kappa shape index (κ2) is 22.3. The summed E-state index contributed by atoms with van der Waals surface area (Å²) in [7, 11) is -2.45. The van der Waals surface area contributed by atoms with Gasteiger partial charge in [-0.05, 0) is 61.7 Å². The number of nitrogens with zero attached hydrogens (tertiary/aromatic N) is 6. The monoisotopic (exact) mass is 906 g/mol. The normalized spacial score (nSPS) is 11.2. The second-order valence-corrected chi connectivity index (χ2v) is 17.9. The number of aromatic nitrogens is 4. The number of fused-ring (bicyclic) bond motifs is 1. The number of carbonyl (C=O) groups excluding carboxylic acids is 4. The Kier molecular flexibility index (Phi) is 16.7. The van der Waals surface area contributed by atoms with Crippen molar-refractivity contribution in [2.45, 2.75) is 77.6 Å². The summed E-state index contributed by atoms with van der Waals surface area (Å²) in [5.41, 5.74) is 1.77. The van der Waals surface area contributed by atoms with Gasteiger partial charge in [0.1, 0.15) is 28.8 Å². The maximum absolute atomic E-state index is 15.2. The molecule has 65 heavy (non-hydrogen) atoms. The fraction of sp³-hybridized carbons (Fsp3) is 0.348. The number of amides is 5. The molecule has 0 aliphatic rings. The van der Waals surface area contributed by atoms with Gasteiger partial charge in [-0.25, -0.2) is 28.9 Å². The average molecular weight is 907 g/mol. The minimum Gasteiger partial charge on any atom is -0.457 e. The van der Waals surface area contributed by atoms with Gasteiger partial charge in [0.2, 0.25) is 15.9 Å². The first-order valence-corrected chi connectivity index (χ1v) is 22.5. The highest BCUT2D eigenvalue weighted by atomic mass is 32.2. The number of pyridine rings is 2. The van der Waals surface area contributed by atoms with Gasteiger partial charge in [-0.2, -0.15) is 9.40 Å². The van der Waals surface area contributed by atoms with Crippen molar-refractivity contribution in [1.29, 1.82) is 0 Å². The van der Waals surface area contributed by atoms with Gasteiger partial charge in [0.05, 0.1) is 33.9 Å². The standard InChI is InChI=1S/C46H51FN10O7S/c1-7-8-12-15-42(58)56(30-48-5)65(62,63)23-14-11-9-10-13-21-51-43(59)32-24-31-25-33(16-18-37(31)52-29-32)57-41(28-40(55-57)46(2,3)4)54-45(61)53-38-19-17-34(26-36(38)47)64-35-20-22-50-39(27-35)44(60)49-6/h1,16-20,22,24-29H,8-15,21,23,30H2,2-4,6H3,(H,49,60)(H,51,59)(H2,53,54,61). The van der Waals surface area contributed by atoms with Crippen LogP contribution >= 0.6 is 0 Å². The van der Waals surface area contributed by atoms with Crippen LogP contribution < -0.4 is 26.0 Å². The zero-order valence-corrected chi connectivity index (χ0v) is 37.4. The molecule has 0 radical (unpaired) electrons. The number of anilines is 2. The summed E-state index contributed by atoms with van der Waals surface area (Å²) >= 11 is 0. The fourth-order valence-corrected chi connectivity index (χ4v) is 7.83. The lowest BCUT2D eigenvalue weighted by Gasteiger charge is -2.17. The highest BCUT2D eigenvalue weighted by molar-refractivity contribution is 7.89. The van der Waals surface area contributed by atoms with Crippen molar-refractivity contribution in [3.8, 4) is 29.5 Å². The molecule has 0 bridgehead atoms. The number of hydrogen-bond donors (Lipinski definition) is 4. The molecule has 0 saturated heterocycles. The van der Waals surface area contributed by atoms with Gasteiger partial charge in [-0.1, -0.05) is 40.0 Å². The SMILES string of the molecule is [C-]#[N+]CN(C(=O)CCCC#C)S(=O)(=O)CCCCCCCNC(=O)c1cnc2ccc(-n3nc(C(C)(C)C)cc3NC(=O)Nc3ccc(Oc4ccnc(C(=O)NC)c4)cc3F)cc2c1. The first kappa shape index (κ1) is 48.6. The maximum Gasteiger partial charge on any atom is 0.324 e. The smallest absolute Gasteiger partial charge is 0.324 e. The Balaban J connectivity index is 1.17. The molecule has 3 aromatic heterocycles. The van der Waals surface area contributed by atoms with E-state index >= 15 is 4.39 Å². The van der Waals surface area contributed by atoms with Crippen LogP contribution in [0.4, 0.5) is 20.7 Å². The summed E-state index contributed by atoms with van der Waals surface area (Å²) in [6.07, 6.45) is 11.8. The van der Waals surface area contributed by atoms with E-state index in [1.807, 2.05) is 20.8 Å². The number of unbranched alkanes of at least 4 members (excludes halogenated alkanes) is 5. The molecule has 0 spiro atoms. The molecule has 19 heteroatoms. The highest BCUT2D eigenvalue weighted by Crippen LogP contribution is 2.29. The summed E-state index contributed by atoms with van der Waals surface area (Å²) in [6, 6.07) is 14.9. The molecular weight excluding hydrogens is 856 g/mol. The van der Waals surface area contributed by atoms with E-state index in [4.69, 9.17) is 22.8 Å². The van der Waals surface area contributed by atoms with Crippen LogP contribution in [-0.2, 0) is 20.2 Å². The largest absolute Gasteiger partial charge is 0.457 e. The van der Waals surface area contributed by atoms with Crippen LogP contribution in [0.3, 0.4) is 0 Å². The van der Waals surface area contributed by atoms with Crippen molar-refractivity contribution in [3.63, 3.8) is 0 Å². The average Bonchev–Trinajstić information content (AvgIpc) is 3.71. The molecule has 0 fully saturated rings. The van der Waals surface area contributed by atoms with Gasteiger partial charge in [0.15, 0.2) is 0 Å². The van der Waals surface area contributed by atoms with E-state index in [2.05, 4.69) is 42.0 Å². The third kappa shape index (κ3) is 13.6. The van der Waals surface area contributed by atoms with E-state index in [9.17, 15) is 27.6 Å². The molecule has 3 heterocycles. The molecule has 5 amide bonds. The van der Waals surface area contributed by atoms with Crippen LogP contribution in [0.15, 0.2) is 73.1 Å². The lowest BCUT2D eigenvalue weighted by Crippen LogP contribution is -2.38. The Hall–Kier alpha value is -7.38. The predicted octanol–water partition coefficient (Wildman–Crippen LogP) is 7.57. The number of ether oxygens (including phenoxy) is 1. The van der Waals surface area contributed by atoms with Crippen molar-refractivity contribution >= 4 is 56.2 Å². The third-order valence-electron chi connectivity index (χ3n) is 9.90. The van der Waals surface area contributed by atoms with Crippen molar-refractivity contribution < 1.29 is 36.7 Å². The quantitative estimate of drug-likeness (QED) is 0.0342. The number of nitrogens with one attached hydrogen (secondary N) is 4. The molecule has 5 aromatic rings. The number of hydrogen-bond acceptors (Lipinski definition) is 10. The number of rotatable bonds is 20. The number of terminal acetylenes is 1. The van der Waals surface area contributed by atoms with Crippen molar-refractivity contribution in [2.75, 3.05) is 36.6 Å². The van der Waals surface area contributed by atoms with Gasteiger partial charge < -0.3 is 20.7 Å². The minimum absolute atomic E-state index is 0.0347. The molecule has 340 valence electrons. The number of carbonyl (C=O) groups is 4. The van der Waals surface area contributed by atoms with Gasteiger partial charge >= 0.3 is 12.7 Å². The minimum atomic E-state index is -3.92. The Morgan fingerprint density at radius 3 is 2.40 bits per heavy atom. The molecule has 4 N–H and O–H groups in total. The molecule has 5 rings (SSSR count). The van der Waals surface area contributed by atoms with Gasteiger partial charge in [0, 0.05) is 67.8 Å². The molecule has 2 aromatic carbocycles. The summed E-state index contributed by atoms with van der Waals surface area (Å²) in [5.74, 6) is 0.739. The van der Waals surface area contributed by atoms with Crippen molar-refractivity contribution in [3.05, 3.63) is 107 Å². The summed E-state index contributed by atoms with van der Waals surface area (Å²) in [4.78, 5) is 62.4. The zero-order valence-electron chi connectivity index (χ0n) is 36.6. The van der Waals surface area contributed by atoms with Crippen LogP contribution in [0.1, 0.15) is 98.7 Å². The molecular formula is C46H51FN10O7S. The third-order valence-corrected chi connectivity index (χ3v) is 11.7. The van der Waals surface area contributed by atoms with Gasteiger partial charge in [-0.3, -0.25) is 34.5 Å². The lowest BCUT2D eigenvalue weighted by molar-refractivity contribution is -0.126. The van der Waals surface area contributed by atoms with E-state index < -0.39 is 45.8 Å². The number of urea groups is 1. The molecule has 0 aliphatic heterocycles. The molecule has 0 unspecified atom stereocenters. The van der Waals surface area contributed by atoms with E-state index in [0.29, 0.717) is 83.0 Å². The second-order valence-electron chi connectivity index (χ2n) is 15.9. The van der Waals surface area contributed by atoms with Crippen LogP contribution in [0.2, 0.25) is 0 Å². The molecule has 0 saturated carbocycles. The fourth-order valence-electron chi connectivity index (χ4n) is 6.41. The molecule has 17 nitrogen and oxygen atoms in total. The summed E-state index contributed by atoms with van der Waals surface area (Å²) in [5, 5.41) is 16.1. The topological polar surface area (TPSA) is 211 Å². The highest BCUT2D eigenvalue weighted by Gasteiger charge is 2.29. The van der Waals surface area contributed by atoms with Crippen molar-refractivity contribution in [1.82, 2.24) is 34.7 Å². The number of sulfonamides is 1. The number of benzene rings is 2. The van der Waals surface area contributed by atoms with E-state index in [0.717, 1.165) is 12.5 Å². The van der Waals surface area contributed by atoms with E-state index in [-0.39, 0.29) is 41.0 Å². The number of halogens is 1. The summed E-state index contributed by atoms with van der Waals surface area (Å²) in [6.45, 7) is 12.8. The van der Waals surface area contributed by atoms with Gasteiger partial charge in [-0.15, -0.1) is 12.3 Å². The predicted molar refractivity (Wildman–Crippen MR) is 245 cm³/mol. The Bertz CT molecular complexity index is 2740. The van der Waals surface area contributed by atoms with E-state index in [1.54, 1.807) is 35.0 Å². The first-order valence-electron chi connectivity index (χ1n) is 20.9. The van der Waals surface area contributed by atoms with Crippen LogP contribution in [0.5, 0.6) is 11.5 Å². The van der Waals surface area contributed by atoms with Crippen molar-refractivity contribution in [2.24, 2.45) is 0 Å². The summed E-state index contributed by atoms with van der Waals surface area (Å²) < 4.78 is 48.7. The van der Waals surface area contributed by atoms with E-state index in [1.165, 1.54) is 43.7 Å². The Labute approximate surface area is 377 Å². The van der Waals surface area contributed by atoms with Crippen LogP contribution in [-0.4, -0.2) is 82.2 Å². The maximum atomic E-state index is 15.2. The molecule has 0 aliphatic carbocycles. The van der Waals surface area contributed by atoms with Crippen LogP contribution in [0, 0.1) is 24.7 Å². The first-order chi connectivity index (χ1) is 31.0. The molecule has 0 atom stereocenters.